The molecule has 0 saturated carbocycles. The van der Waals surface area contributed by atoms with E-state index in [1.54, 1.807) is 58.0 Å². The van der Waals surface area contributed by atoms with Gasteiger partial charge in [0.05, 0.1) is 24.3 Å². The maximum Gasteiger partial charge on any atom is 0.334 e. The molecule has 1 aromatic rings. The lowest BCUT2D eigenvalue weighted by Gasteiger charge is -2.34. The molecule has 0 spiro atoms. The van der Waals surface area contributed by atoms with Crippen molar-refractivity contribution >= 4 is 41.5 Å². The van der Waals surface area contributed by atoms with Gasteiger partial charge in [0.2, 0.25) is 23.6 Å². The standard InChI is InChI=1S/C46H68N6O10/c1-14-27(5)38-41(56)50-46(10,11)45(60)62-39(28(6)15-2)30(8)35(53)21-16-29(7)44(59)61-36(22-26(3)4)40(55)48-31(9)42(57)52(13)34(43(58)51(12)25-37(54)49-38)23-32-17-19-33(24-47)20-18-32/h15-20,26-27,30-31,34-36,38-39,53H,14,21-23,25H2,1-13H3,(H,48,55)(H,49,54)(H,50,56)/b28-15+,29-16+/t27?,30-,31-,34+,35-,36+,38-,39+/m0/s1. The second-order valence-corrected chi connectivity index (χ2v) is 17.4. The first kappa shape index (κ1) is 52.6. The lowest BCUT2D eigenvalue weighted by Crippen LogP contribution is -2.60. The molecule has 342 valence electrons. The number of likely N-dealkylation sites (N-methyl/N-ethyl adjacent to an activating group) is 2. The Morgan fingerprint density at radius 2 is 1.60 bits per heavy atom. The molecule has 0 aromatic heterocycles. The first-order chi connectivity index (χ1) is 28.9. The van der Waals surface area contributed by atoms with Crippen LogP contribution in [0.25, 0.3) is 0 Å². The zero-order valence-electron chi connectivity index (χ0n) is 38.7. The number of aliphatic hydroxyl groups excluding tert-OH is 1. The van der Waals surface area contributed by atoms with E-state index >= 15 is 0 Å². The highest BCUT2D eigenvalue weighted by molar-refractivity contribution is 5.96. The monoisotopic (exact) mass is 864 g/mol. The quantitative estimate of drug-likeness (QED) is 0.229. The third-order valence-corrected chi connectivity index (χ3v) is 11.3. The van der Waals surface area contributed by atoms with E-state index in [9.17, 15) is 43.9 Å². The molecule has 0 fully saturated rings. The average Bonchev–Trinajstić information content (AvgIpc) is 3.22. The normalized spacial score (nSPS) is 27.5. The van der Waals surface area contributed by atoms with Gasteiger partial charge in [-0.05, 0) is 89.5 Å². The Labute approximate surface area is 366 Å². The van der Waals surface area contributed by atoms with Crippen molar-refractivity contribution < 1.29 is 48.1 Å². The van der Waals surface area contributed by atoms with Crippen LogP contribution < -0.4 is 16.0 Å². The molecule has 1 aliphatic rings. The lowest BCUT2D eigenvalue weighted by molar-refractivity contribution is -0.159. The first-order valence-electron chi connectivity index (χ1n) is 21.2. The number of nitrogens with one attached hydrogen (secondary N) is 3. The molecule has 0 saturated heterocycles. The number of ether oxygens (including phenoxy) is 2. The van der Waals surface area contributed by atoms with Gasteiger partial charge in [-0.2, -0.15) is 5.26 Å². The van der Waals surface area contributed by atoms with E-state index in [0.717, 1.165) is 4.90 Å². The number of nitriles is 1. The van der Waals surface area contributed by atoms with E-state index in [1.807, 2.05) is 26.8 Å². The SMILES string of the molecule is C/C=C(\C)[C@H]1OC(=O)C(C)(C)NC(=O)[C@H](C(C)CC)NC(=O)CN(C)C(=O)[C@@H](Cc2ccc(C#N)cc2)N(C)C(=O)[C@H](C)NC(=O)[C@@H](CC(C)C)OC(=O)/C(C)=C/C[C@H](O)[C@@H]1C. The van der Waals surface area contributed by atoms with Crippen molar-refractivity contribution in [3.05, 3.63) is 58.7 Å². The summed E-state index contributed by atoms with van der Waals surface area (Å²) in [6.07, 6.45) is 0.394. The van der Waals surface area contributed by atoms with Crippen molar-refractivity contribution in [3.63, 3.8) is 0 Å². The van der Waals surface area contributed by atoms with Gasteiger partial charge in [0.1, 0.15) is 29.8 Å². The maximum atomic E-state index is 14.2. The summed E-state index contributed by atoms with van der Waals surface area (Å²) in [4.78, 5) is 98.9. The number of hydrogen-bond donors (Lipinski definition) is 4. The van der Waals surface area contributed by atoms with E-state index < -0.39 is 102 Å². The van der Waals surface area contributed by atoms with Gasteiger partial charge >= 0.3 is 11.9 Å². The van der Waals surface area contributed by atoms with Gasteiger partial charge in [0.15, 0.2) is 6.10 Å². The van der Waals surface area contributed by atoms with Crippen molar-refractivity contribution in [1.29, 1.82) is 5.26 Å². The van der Waals surface area contributed by atoms with Crippen LogP contribution in [0.2, 0.25) is 0 Å². The van der Waals surface area contributed by atoms with Crippen LogP contribution in [0.4, 0.5) is 0 Å². The maximum absolute atomic E-state index is 14.2. The van der Waals surface area contributed by atoms with Crippen LogP contribution in [-0.4, -0.2) is 119 Å². The number of amides is 5. The molecule has 0 radical (unpaired) electrons. The summed E-state index contributed by atoms with van der Waals surface area (Å²) >= 11 is 0. The molecule has 1 heterocycles. The second kappa shape index (κ2) is 23.6. The zero-order valence-corrected chi connectivity index (χ0v) is 38.7. The van der Waals surface area contributed by atoms with Gasteiger partial charge in [-0.1, -0.05) is 65.3 Å². The molecule has 62 heavy (non-hydrogen) atoms. The molecule has 1 aliphatic heterocycles. The van der Waals surface area contributed by atoms with E-state index in [0.29, 0.717) is 23.1 Å². The Hall–Kier alpha value is -5.56. The number of esters is 2. The largest absolute Gasteiger partial charge is 0.456 e. The van der Waals surface area contributed by atoms with Crippen LogP contribution in [-0.2, 0) is 49.5 Å². The van der Waals surface area contributed by atoms with E-state index in [1.165, 1.54) is 52.8 Å². The number of nitrogens with zero attached hydrogens (tertiary/aromatic N) is 3. The van der Waals surface area contributed by atoms with Crippen LogP contribution in [0, 0.1) is 29.1 Å². The minimum atomic E-state index is -1.60. The number of carbonyl (C=O) groups excluding carboxylic acids is 7. The highest BCUT2D eigenvalue weighted by atomic mass is 16.6. The van der Waals surface area contributed by atoms with Gasteiger partial charge in [-0.15, -0.1) is 0 Å². The van der Waals surface area contributed by atoms with E-state index in [2.05, 4.69) is 16.0 Å². The Kier molecular flexibility index (Phi) is 20.0. The highest BCUT2D eigenvalue weighted by Crippen LogP contribution is 2.25. The second-order valence-electron chi connectivity index (χ2n) is 17.4. The molecule has 4 N–H and O–H groups in total. The van der Waals surface area contributed by atoms with Crippen molar-refractivity contribution in [1.82, 2.24) is 25.8 Å². The fourth-order valence-corrected chi connectivity index (χ4v) is 6.76. The molecule has 16 nitrogen and oxygen atoms in total. The molecule has 5 amide bonds. The number of cyclic esters (lactones) is 2. The molecule has 8 atom stereocenters. The van der Waals surface area contributed by atoms with Crippen LogP contribution in [0.1, 0.15) is 107 Å². The Morgan fingerprint density at radius 3 is 2.15 bits per heavy atom. The molecule has 16 heteroatoms. The van der Waals surface area contributed by atoms with Crippen molar-refractivity contribution in [2.75, 3.05) is 20.6 Å². The third-order valence-electron chi connectivity index (χ3n) is 11.3. The fraction of sp³-hybridized carbons (Fsp3) is 0.609. The number of carbonyl (C=O) groups is 7. The Morgan fingerprint density at radius 1 is 0.984 bits per heavy atom. The van der Waals surface area contributed by atoms with Crippen molar-refractivity contribution in [2.24, 2.45) is 17.8 Å². The van der Waals surface area contributed by atoms with Gasteiger partial charge in [0.25, 0.3) is 5.91 Å². The molecule has 1 aromatic carbocycles. The summed E-state index contributed by atoms with van der Waals surface area (Å²) < 4.78 is 11.6. The van der Waals surface area contributed by atoms with Gasteiger partial charge in [0, 0.05) is 32.0 Å². The van der Waals surface area contributed by atoms with Gasteiger partial charge in [-0.25, -0.2) is 9.59 Å². The summed E-state index contributed by atoms with van der Waals surface area (Å²) in [6, 6.07) is 4.96. The lowest BCUT2D eigenvalue weighted by atomic mass is 9.90. The Bertz CT molecular complexity index is 1880. The van der Waals surface area contributed by atoms with Crippen LogP contribution in [0.5, 0.6) is 0 Å². The molecule has 2 rings (SSSR count). The van der Waals surface area contributed by atoms with E-state index in [-0.39, 0.29) is 30.8 Å². The van der Waals surface area contributed by atoms with Crippen molar-refractivity contribution in [2.45, 2.75) is 144 Å². The minimum absolute atomic E-state index is 0.0242. The van der Waals surface area contributed by atoms with Crippen LogP contribution in [0.3, 0.4) is 0 Å². The molecular weight excluding hydrogens is 797 g/mol. The number of benzene rings is 1. The Balaban J connectivity index is 2.68. The zero-order chi connectivity index (χ0) is 47.2. The number of aliphatic hydroxyl groups is 1. The molecule has 0 aliphatic carbocycles. The smallest absolute Gasteiger partial charge is 0.334 e. The summed E-state index contributed by atoms with van der Waals surface area (Å²) in [5, 5.41) is 28.7. The number of hydrogen-bond acceptors (Lipinski definition) is 11. The molecular formula is C46H68N6O10. The van der Waals surface area contributed by atoms with Gasteiger partial charge < -0.3 is 40.3 Å². The molecule has 1 unspecified atom stereocenters. The summed E-state index contributed by atoms with van der Waals surface area (Å²) in [7, 11) is 2.78. The predicted octanol–water partition coefficient (Wildman–Crippen LogP) is 3.50. The fourth-order valence-electron chi connectivity index (χ4n) is 6.76. The van der Waals surface area contributed by atoms with Crippen LogP contribution >= 0.6 is 0 Å². The number of rotatable bonds is 7. The van der Waals surface area contributed by atoms with Crippen molar-refractivity contribution in [3.8, 4) is 6.07 Å². The van der Waals surface area contributed by atoms with Gasteiger partial charge in [-0.3, -0.25) is 24.0 Å². The highest BCUT2D eigenvalue weighted by Gasteiger charge is 2.40. The molecule has 0 bridgehead atoms. The summed E-state index contributed by atoms with van der Waals surface area (Å²) in [5.41, 5.74) is 0.127. The predicted molar refractivity (Wildman–Crippen MR) is 232 cm³/mol. The first-order valence-corrected chi connectivity index (χ1v) is 21.2. The summed E-state index contributed by atoms with van der Waals surface area (Å²) in [6.45, 7) is 17.8. The van der Waals surface area contributed by atoms with E-state index in [4.69, 9.17) is 9.47 Å². The average molecular weight is 865 g/mol. The number of allylic oxidation sites excluding steroid dienone is 1. The third kappa shape index (κ3) is 14.8. The summed E-state index contributed by atoms with van der Waals surface area (Å²) in [5.74, 6) is -6.19. The topological polar surface area (TPSA) is 225 Å². The van der Waals surface area contributed by atoms with Crippen LogP contribution in [0.15, 0.2) is 47.6 Å². The minimum Gasteiger partial charge on any atom is -0.456 e.